The van der Waals surface area contributed by atoms with Gasteiger partial charge in [0.15, 0.2) is 0 Å². The summed E-state index contributed by atoms with van der Waals surface area (Å²) in [5.74, 6) is 8.47. The average Bonchev–Trinajstić information content (AvgIpc) is 2.25. The predicted octanol–water partition coefficient (Wildman–Crippen LogP) is 2.06. The third kappa shape index (κ3) is 3.35. The molecule has 0 aliphatic heterocycles. The van der Waals surface area contributed by atoms with Crippen LogP contribution in [-0.2, 0) is 4.74 Å². The molecule has 0 radical (unpaired) electrons. The molecule has 0 fully saturated rings. The first-order chi connectivity index (χ1) is 6.86. The first kappa shape index (κ1) is 10.4. The van der Waals surface area contributed by atoms with Gasteiger partial charge in [-0.15, -0.1) is 6.42 Å². The Kier molecular flexibility index (Phi) is 4.35. The second kappa shape index (κ2) is 5.86. The van der Waals surface area contributed by atoms with Gasteiger partial charge in [-0.3, -0.25) is 0 Å². The molecule has 1 aromatic carbocycles. The molecular weight excluding hydrogens is 172 g/mol. The molecule has 1 nitrogen and oxygen atoms in total. The summed E-state index contributed by atoms with van der Waals surface area (Å²) >= 11 is 0. The highest BCUT2D eigenvalue weighted by Gasteiger charge is 1.88. The van der Waals surface area contributed by atoms with Crippen LogP contribution in [0.25, 0.3) is 0 Å². The Morgan fingerprint density at radius 3 is 2.86 bits per heavy atom. The molecule has 0 aromatic heterocycles. The minimum atomic E-state index is 0.469. The number of terminal acetylenes is 1. The molecule has 1 aromatic rings. The van der Waals surface area contributed by atoms with Crippen molar-refractivity contribution in [2.75, 3.05) is 13.2 Å². The van der Waals surface area contributed by atoms with Gasteiger partial charge < -0.3 is 4.74 Å². The normalized spacial score (nSPS) is 8.57. The molecule has 1 heteroatoms. The molecule has 0 aliphatic rings. The van der Waals surface area contributed by atoms with Crippen molar-refractivity contribution in [2.24, 2.45) is 0 Å². The van der Waals surface area contributed by atoms with Crippen molar-refractivity contribution in [3.8, 4) is 24.2 Å². The lowest BCUT2D eigenvalue weighted by Gasteiger charge is -1.92. The van der Waals surface area contributed by atoms with Gasteiger partial charge in [-0.2, -0.15) is 0 Å². The zero-order valence-corrected chi connectivity index (χ0v) is 8.21. The molecule has 0 atom stereocenters. The highest BCUT2D eigenvalue weighted by Crippen LogP contribution is 2.01. The molecule has 0 unspecified atom stereocenters. The van der Waals surface area contributed by atoms with Gasteiger partial charge in [-0.25, -0.2) is 0 Å². The summed E-state index contributed by atoms with van der Waals surface area (Å²) in [5.41, 5.74) is 1.79. The van der Waals surface area contributed by atoms with Crippen molar-refractivity contribution in [3.63, 3.8) is 0 Å². The third-order valence-electron chi connectivity index (χ3n) is 1.64. The van der Waals surface area contributed by atoms with Crippen LogP contribution in [-0.4, -0.2) is 13.2 Å². The summed E-state index contributed by atoms with van der Waals surface area (Å²) in [5, 5.41) is 0. The van der Waals surface area contributed by atoms with E-state index in [9.17, 15) is 0 Å². The van der Waals surface area contributed by atoms with E-state index in [1.165, 1.54) is 0 Å². The summed E-state index contributed by atoms with van der Waals surface area (Å²) < 4.78 is 5.10. The standard InChI is InChI=1S/C13H12O/c1-3-12-7-5-8-13(11-12)9-6-10-14-4-2/h1,5,7-8,11H,4,10H2,2H3. The maximum absolute atomic E-state index is 5.27. The summed E-state index contributed by atoms with van der Waals surface area (Å²) in [6.07, 6.45) is 5.27. The Bertz CT molecular complexity index is 388. The molecule has 0 heterocycles. The van der Waals surface area contributed by atoms with Gasteiger partial charge in [-0.05, 0) is 25.1 Å². The lowest BCUT2D eigenvalue weighted by atomic mass is 10.1. The third-order valence-corrected chi connectivity index (χ3v) is 1.64. The van der Waals surface area contributed by atoms with Gasteiger partial charge in [-0.1, -0.05) is 23.8 Å². The lowest BCUT2D eigenvalue weighted by molar-refractivity contribution is 0.182. The molecule has 0 saturated heterocycles. The van der Waals surface area contributed by atoms with Gasteiger partial charge in [0.1, 0.15) is 6.61 Å². The van der Waals surface area contributed by atoms with Crippen molar-refractivity contribution in [3.05, 3.63) is 35.4 Å². The van der Waals surface area contributed by atoms with E-state index in [4.69, 9.17) is 11.2 Å². The largest absolute Gasteiger partial charge is 0.369 e. The van der Waals surface area contributed by atoms with Gasteiger partial charge >= 0.3 is 0 Å². The van der Waals surface area contributed by atoms with Crippen LogP contribution in [0.15, 0.2) is 24.3 Å². The Hall–Kier alpha value is -1.70. The monoisotopic (exact) mass is 184 g/mol. The van der Waals surface area contributed by atoms with Gasteiger partial charge in [0.05, 0.1) is 0 Å². The minimum Gasteiger partial charge on any atom is -0.369 e. The topological polar surface area (TPSA) is 9.23 Å². The number of ether oxygens (including phenoxy) is 1. The molecule has 0 N–H and O–H groups in total. The van der Waals surface area contributed by atoms with E-state index in [1.54, 1.807) is 0 Å². The fraction of sp³-hybridized carbons (Fsp3) is 0.231. The van der Waals surface area contributed by atoms with Crippen molar-refractivity contribution >= 4 is 0 Å². The molecule has 0 spiro atoms. The van der Waals surface area contributed by atoms with E-state index in [2.05, 4.69) is 17.8 Å². The summed E-state index contributed by atoms with van der Waals surface area (Å²) in [4.78, 5) is 0. The van der Waals surface area contributed by atoms with Gasteiger partial charge in [0.2, 0.25) is 0 Å². The van der Waals surface area contributed by atoms with Crippen LogP contribution in [0, 0.1) is 24.2 Å². The fourth-order valence-electron chi connectivity index (χ4n) is 0.978. The number of hydrogen-bond donors (Lipinski definition) is 0. The van der Waals surface area contributed by atoms with Crippen LogP contribution in [0.5, 0.6) is 0 Å². The molecule has 0 aliphatic carbocycles. The van der Waals surface area contributed by atoms with Gasteiger partial charge in [0.25, 0.3) is 0 Å². The molecule has 14 heavy (non-hydrogen) atoms. The van der Waals surface area contributed by atoms with Crippen LogP contribution < -0.4 is 0 Å². The number of benzene rings is 1. The van der Waals surface area contributed by atoms with E-state index in [0.29, 0.717) is 13.2 Å². The van der Waals surface area contributed by atoms with Crippen molar-refractivity contribution in [1.82, 2.24) is 0 Å². The first-order valence-corrected chi connectivity index (χ1v) is 4.50. The quantitative estimate of drug-likeness (QED) is 0.505. The Balaban J connectivity index is 2.66. The van der Waals surface area contributed by atoms with Crippen LogP contribution in [0.4, 0.5) is 0 Å². The number of rotatable bonds is 2. The highest BCUT2D eigenvalue weighted by atomic mass is 16.5. The summed E-state index contributed by atoms with van der Waals surface area (Å²) in [6.45, 7) is 3.11. The second-order valence-corrected chi connectivity index (χ2v) is 2.66. The molecule has 0 bridgehead atoms. The molecule has 70 valence electrons. The van der Waals surface area contributed by atoms with Crippen molar-refractivity contribution < 1.29 is 4.74 Å². The SMILES string of the molecule is C#Cc1cccc(C#CCOCC)c1. The molecular formula is C13H12O. The molecule has 1 rings (SSSR count). The maximum Gasteiger partial charge on any atom is 0.108 e. The van der Waals surface area contributed by atoms with E-state index in [-0.39, 0.29) is 0 Å². The fourth-order valence-corrected chi connectivity index (χ4v) is 0.978. The molecule has 0 saturated carbocycles. The average molecular weight is 184 g/mol. The van der Waals surface area contributed by atoms with Crippen molar-refractivity contribution in [1.29, 1.82) is 0 Å². The van der Waals surface area contributed by atoms with Crippen LogP contribution >= 0.6 is 0 Å². The summed E-state index contributed by atoms with van der Waals surface area (Å²) in [7, 11) is 0. The van der Waals surface area contributed by atoms with Crippen LogP contribution in [0.1, 0.15) is 18.1 Å². The lowest BCUT2D eigenvalue weighted by Crippen LogP contribution is -1.88. The minimum absolute atomic E-state index is 0.469. The Labute approximate surface area is 85.1 Å². The second-order valence-electron chi connectivity index (χ2n) is 2.66. The number of hydrogen-bond acceptors (Lipinski definition) is 1. The Morgan fingerprint density at radius 1 is 1.36 bits per heavy atom. The highest BCUT2D eigenvalue weighted by molar-refractivity contribution is 5.42. The maximum atomic E-state index is 5.27. The Morgan fingerprint density at radius 2 is 2.14 bits per heavy atom. The zero-order chi connectivity index (χ0) is 10.2. The van der Waals surface area contributed by atoms with E-state index >= 15 is 0 Å². The predicted molar refractivity (Wildman–Crippen MR) is 57.7 cm³/mol. The van der Waals surface area contributed by atoms with Gasteiger partial charge in [0, 0.05) is 17.7 Å². The summed E-state index contributed by atoms with van der Waals surface area (Å²) in [6, 6.07) is 7.60. The van der Waals surface area contributed by atoms with E-state index in [0.717, 1.165) is 11.1 Å². The zero-order valence-electron chi connectivity index (χ0n) is 8.21. The first-order valence-electron chi connectivity index (χ1n) is 4.50. The van der Waals surface area contributed by atoms with Crippen molar-refractivity contribution in [2.45, 2.75) is 6.92 Å². The van der Waals surface area contributed by atoms with E-state index in [1.807, 2.05) is 31.2 Å². The van der Waals surface area contributed by atoms with E-state index < -0.39 is 0 Å². The van der Waals surface area contributed by atoms with Crippen LogP contribution in [0.2, 0.25) is 0 Å². The molecule has 0 amide bonds. The van der Waals surface area contributed by atoms with Crippen LogP contribution in [0.3, 0.4) is 0 Å². The smallest absolute Gasteiger partial charge is 0.108 e.